The fraction of sp³-hybridized carbons (Fsp3) is 0.476. The molecule has 29 heavy (non-hydrogen) atoms. The van der Waals surface area contributed by atoms with E-state index >= 15 is 0 Å². The standard InChI is InChI=1S/C21H25N7O/c1-27-20-17(12-24-27)19(25-18(26-20)15-6-8-22-9-7-15)23-11-14-3-2-10-28(13-14)21(29)16-4-5-16/h6-9,12,14,16H,2-5,10-11,13H2,1H3,(H,23,25,26)/t14-/m1/s1. The highest BCUT2D eigenvalue weighted by molar-refractivity contribution is 5.88. The number of anilines is 1. The van der Waals surface area contributed by atoms with Crippen molar-refractivity contribution >= 4 is 22.8 Å². The summed E-state index contributed by atoms with van der Waals surface area (Å²) in [6.07, 6.45) is 9.61. The van der Waals surface area contributed by atoms with Gasteiger partial charge in [-0.1, -0.05) is 0 Å². The minimum atomic E-state index is 0.293. The molecule has 1 aliphatic heterocycles. The maximum Gasteiger partial charge on any atom is 0.225 e. The minimum absolute atomic E-state index is 0.293. The summed E-state index contributed by atoms with van der Waals surface area (Å²) >= 11 is 0. The fourth-order valence-corrected chi connectivity index (χ4v) is 4.05. The van der Waals surface area contributed by atoms with Gasteiger partial charge in [0.15, 0.2) is 11.5 Å². The van der Waals surface area contributed by atoms with E-state index < -0.39 is 0 Å². The Morgan fingerprint density at radius 3 is 2.83 bits per heavy atom. The average molecular weight is 391 g/mol. The molecule has 150 valence electrons. The van der Waals surface area contributed by atoms with E-state index in [0.717, 1.165) is 67.7 Å². The first-order valence-electron chi connectivity index (χ1n) is 10.3. The zero-order valence-corrected chi connectivity index (χ0v) is 16.6. The number of pyridine rings is 1. The van der Waals surface area contributed by atoms with Crippen molar-refractivity contribution in [1.82, 2.24) is 29.6 Å². The zero-order chi connectivity index (χ0) is 19.8. The molecule has 1 saturated carbocycles. The van der Waals surface area contributed by atoms with Gasteiger partial charge in [-0.2, -0.15) is 5.10 Å². The smallest absolute Gasteiger partial charge is 0.225 e. The van der Waals surface area contributed by atoms with Crippen LogP contribution in [0, 0.1) is 11.8 Å². The lowest BCUT2D eigenvalue weighted by Gasteiger charge is -2.33. The number of fused-ring (bicyclic) bond motifs is 1. The molecule has 2 aliphatic rings. The third kappa shape index (κ3) is 3.66. The number of aryl methyl sites for hydroxylation is 1. The van der Waals surface area contributed by atoms with Crippen LogP contribution < -0.4 is 5.32 Å². The second kappa shape index (κ2) is 7.42. The van der Waals surface area contributed by atoms with Gasteiger partial charge in [-0.25, -0.2) is 9.97 Å². The van der Waals surface area contributed by atoms with Crippen molar-refractivity contribution in [1.29, 1.82) is 0 Å². The van der Waals surface area contributed by atoms with Crippen LogP contribution in [-0.4, -0.2) is 55.2 Å². The lowest BCUT2D eigenvalue weighted by Crippen LogP contribution is -2.42. The van der Waals surface area contributed by atoms with E-state index in [1.807, 2.05) is 19.2 Å². The molecular formula is C21H25N7O. The van der Waals surface area contributed by atoms with E-state index in [1.165, 1.54) is 0 Å². The highest BCUT2D eigenvalue weighted by Crippen LogP contribution is 2.32. The summed E-state index contributed by atoms with van der Waals surface area (Å²) in [5, 5.41) is 8.79. The summed E-state index contributed by atoms with van der Waals surface area (Å²) in [4.78, 5) is 28.0. The van der Waals surface area contributed by atoms with E-state index in [4.69, 9.17) is 9.97 Å². The Kier molecular flexibility index (Phi) is 4.61. The van der Waals surface area contributed by atoms with Gasteiger partial charge in [0.2, 0.25) is 5.91 Å². The number of amides is 1. The SMILES string of the molecule is Cn1ncc2c(NC[C@H]3CCCN(C(=O)C4CC4)C3)nc(-c3ccncc3)nc21. The molecule has 8 nitrogen and oxygen atoms in total. The van der Waals surface area contributed by atoms with E-state index in [2.05, 4.69) is 20.3 Å². The number of piperidine rings is 1. The van der Waals surface area contributed by atoms with Gasteiger partial charge < -0.3 is 10.2 Å². The molecule has 4 heterocycles. The third-order valence-corrected chi connectivity index (χ3v) is 5.85. The van der Waals surface area contributed by atoms with Crippen molar-refractivity contribution in [3.05, 3.63) is 30.7 Å². The van der Waals surface area contributed by atoms with E-state index in [1.54, 1.807) is 23.3 Å². The Balaban J connectivity index is 1.36. The number of nitrogens with one attached hydrogen (secondary N) is 1. The molecule has 1 N–H and O–H groups in total. The highest BCUT2D eigenvalue weighted by Gasteiger charge is 2.35. The Morgan fingerprint density at radius 1 is 1.21 bits per heavy atom. The Morgan fingerprint density at radius 2 is 2.03 bits per heavy atom. The number of likely N-dealkylation sites (tertiary alicyclic amines) is 1. The molecular weight excluding hydrogens is 366 g/mol. The maximum absolute atomic E-state index is 12.4. The van der Waals surface area contributed by atoms with Crippen LogP contribution in [0.3, 0.4) is 0 Å². The van der Waals surface area contributed by atoms with E-state index in [0.29, 0.717) is 23.6 Å². The van der Waals surface area contributed by atoms with Gasteiger partial charge in [0, 0.05) is 50.6 Å². The second-order valence-corrected chi connectivity index (χ2v) is 8.08. The molecule has 1 amide bonds. The highest BCUT2D eigenvalue weighted by atomic mass is 16.2. The van der Waals surface area contributed by atoms with Crippen molar-refractivity contribution in [3.63, 3.8) is 0 Å². The number of rotatable bonds is 5. The molecule has 3 aromatic rings. The lowest BCUT2D eigenvalue weighted by atomic mass is 9.97. The number of nitrogens with zero attached hydrogens (tertiary/aromatic N) is 6. The van der Waals surface area contributed by atoms with Crippen LogP contribution in [0.5, 0.6) is 0 Å². The van der Waals surface area contributed by atoms with Crippen molar-refractivity contribution in [2.45, 2.75) is 25.7 Å². The van der Waals surface area contributed by atoms with Crippen molar-refractivity contribution < 1.29 is 4.79 Å². The molecule has 0 spiro atoms. The summed E-state index contributed by atoms with van der Waals surface area (Å²) < 4.78 is 1.77. The molecule has 0 aromatic carbocycles. The van der Waals surface area contributed by atoms with Gasteiger partial charge in [0.1, 0.15) is 5.82 Å². The summed E-state index contributed by atoms with van der Waals surface area (Å²) in [5.41, 5.74) is 1.72. The Bertz CT molecular complexity index is 1030. The van der Waals surface area contributed by atoms with Crippen LogP contribution in [0.2, 0.25) is 0 Å². The Labute approximate surface area is 169 Å². The summed E-state index contributed by atoms with van der Waals surface area (Å²) in [7, 11) is 1.89. The Hall–Kier alpha value is -3.03. The molecule has 0 bridgehead atoms. The molecule has 0 unspecified atom stereocenters. The van der Waals surface area contributed by atoms with Crippen LogP contribution in [0.4, 0.5) is 5.82 Å². The molecule has 0 radical (unpaired) electrons. The van der Waals surface area contributed by atoms with Gasteiger partial charge >= 0.3 is 0 Å². The number of carbonyl (C=O) groups is 1. The minimum Gasteiger partial charge on any atom is -0.369 e. The molecule has 1 saturated heterocycles. The topological polar surface area (TPSA) is 88.8 Å². The van der Waals surface area contributed by atoms with Gasteiger partial charge in [-0.3, -0.25) is 14.5 Å². The van der Waals surface area contributed by atoms with Crippen LogP contribution in [-0.2, 0) is 11.8 Å². The van der Waals surface area contributed by atoms with Crippen molar-refractivity contribution in [3.8, 4) is 11.4 Å². The van der Waals surface area contributed by atoms with Gasteiger partial charge in [-0.15, -0.1) is 0 Å². The summed E-state index contributed by atoms with van der Waals surface area (Å²) in [6.45, 7) is 2.52. The zero-order valence-electron chi connectivity index (χ0n) is 16.6. The second-order valence-electron chi connectivity index (χ2n) is 8.08. The van der Waals surface area contributed by atoms with Crippen molar-refractivity contribution in [2.75, 3.05) is 25.0 Å². The fourth-order valence-electron chi connectivity index (χ4n) is 4.05. The monoisotopic (exact) mass is 391 g/mol. The molecule has 5 rings (SSSR count). The van der Waals surface area contributed by atoms with Gasteiger partial charge in [0.05, 0.1) is 11.6 Å². The number of aromatic nitrogens is 5. The third-order valence-electron chi connectivity index (χ3n) is 5.85. The first-order valence-corrected chi connectivity index (χ1v) is 10.3. The van der Waals surface area contributed by atoms with Crippen LogP contribution in [0.25, 0.3) is 22.4 Å². The first-order chi connectivity index (χ1) is 14.2. The predicted molar refractivity (Wildman–Crippen MR) is 110 cm³/mol. The molecule has 3 aromatic heterocycles. The van der Waals surface area contributed by atoms with Crippen LogP contribution >= 0.6 is 0 Å². The maximum atomic E-state index is 12.4. The van der Waals surface area contributed by atoms with E-state index in [-0.39, 0.29) is 0 Å². The number of hydrogen-bond acceptors (Lipinski definition) is 6. The van der Waals surface area contributed by atoms with Gasteiger partial charge in [0.25, 0.3) is 0 Å². The van der Waals surface area contributed by atoms with Crippen LogP contribution in [0.15, 0.2) is 30.7 Å². The predicted octanol–water partition coefficient (Wildman–Crippen LogP) is 2.49. The molecule has 8 heteroatoms. The van der Waals surface area contributed by atoms with Crippen LogP contribution in [0.1, 0.15) is 25.7 Å². The van der Waals surface area contributed by atoms with Gasteiger partial charge in [-0.05, 0) is 43.7 Å². The largest absolute Gasteiger partial charge is 0.369 e. The normalized spacial score (nSPS) is 19.5. The number of carbonyl (C=O) groups excluding carboxylic acids is 1. The lowest BCUT2D eigenvalue weighted by molar-refractivity contribution is -0.134. The summed E-state index contributed by atoms with van der Waals surface area (Å²) in [5.74, 6) is 2.52. The summed E-state index contributed by atoms with van der Waals surface area (Å²) in [6, 6.07) is 3.81. The average Bonchev–Trinajstić information content (AvgIpc) is 3.55. The van der Waals surface area contributed by atoms with E-state index in [9.17, 15) is 4.79 Å². The van der Waals surface area contributed by atoms with Crippen molar-refractivity contribution in [2.24, 2.45) is 18.9 Å². The molecule has 1 aliphatic carbocycles. The quantitative estimate of drug-likeness (QED) is 0.719. The molecule has 1 atom stereocenters. The first kappa shape index (κ1) is 18.0. The number of hydrogen-bond donors (Lipinski definition) is 1. The molecule has 2 fully saturated rings.